The molecule has 1 fully saturated rings. The lowest BCUT2D eigenvalue weighted by atomic mass is 9.91. The summed E-state index contributed by atoms with van der Waals surface area (Å²) >= 11 is 6.45. The van der Waals surface area contributed by atoms with E-state index >= 15 is 0 Å². The van der Waals surface area contributed by atoms with Gasteiger partial charge in [-0.3, -0.25) is 4.79 Å². The molecule has 0 bridgehead atoms. The van der Waals surface area contributed by atoms with Gasteiger partial charge in [-0.25, -0.2) is 9.97 Å². The summed E-state index contributed by atoms with van der Waals surface area (Å²) in [5.74, 6) is 0.581. The van der Waals surface area contributed by atoms with Gasteiger partial charge in [0.05, 0.1) is 16.9 Å². The number of carbonyl (C=O) groups is 1. The van der Waals surface area contributed by atoms with Crippen molar-refractivity contribution >= 4 is 23.5 Å². The second-order valence-corrected chi connectivity index (χ2v) is 8.15. The number of aromatic nitrogens is 2. The minimum absolute atomic E-state index is 0.0176. The van der Waals surface area contributed by atoms with Crippen LogP contribution in [0.5, 0.6) is 0 Å². The summed E-state index contributed by atoms with van der Waals surface area (Å²) in [5.41, 5.74) is 3.92. The Kier molecular flexibility index (Phi) is 6.29. The Morgan fingerprint density at radius 2 is 1.73 bits per heavy atom. The number of halogens is 1. The third-order valence-corrected chi connectivity index (χ3v) is 5.68. The smallest absolute Gasteiger partial charge is 0.223 e. The van der Waals surface area contributed by atoms with Crippen LogP contribution in [0.4, 0.5) is 5.95 Å². The van der Waals surface area contributed by atoms with Gasteiger partial charge < -0.3 is 10.6 Å². The molecule has 2 N–H and O–H groups in total. The number of hydrogen-bond donors (Lipinski definition) is 2. The maximum Gasteiger partial charge on any atom is 0.223 e. The van der Waals surface area contributed by atoms with E-state index < -0.39 is 0 Å². The first-order chi connectivity index (χ1) is 14.6. The van der Waals surface area contributed by atoms with Gasteiger partial charge in [-0.05, 0) is 42.9 Å². The number of benzene rings is 2. The van der Waals surface area contributed by atoms with Gasteiger partial charge in [-0.15, -0.1) is 0 Å². The second-order valence-electron chi connectivity index (χ2n) is 7.74. The highest BCUT2D eigenvalue weighted by Gasteiger charge is 2.23. The lowest BCUT2D eigenvalue weighted by molar-refractivity contribution is -0.119. The largest absolute Gasteiger partial charge is 0.354 e. The molecule has 0 spiro atoms. The maximum atomic E-state index is 11.4. The number of amides is 1. The highest BCUT2D eigenvalue weighted by molar-refractivity contribution is 6.32. The maximum absolute atomic E-state index is 11.4. The third kappa shape index (κ3) is 4.97. The summed E-state index contributed by atoms with van der Waals surface area (Å²) in [4.78, 5) is 20.5. The monoisotopic (exact) mass is 420 g/mol. The first-order valence-corrected chi connectivity index (χ1v) is 10.7. The van der Waals surface area contributed by atoms with Crippen molar-refractivity contribution in [1.82, 2.24) is 15.3 Å². The Bertz CT molecular complexity index is 1020. The topological polar surface area (TPSA) is 66.9 Å². The molecule has 30 heavy (non-hydrogen) atoms. The van der Waals surface area contributed by atoms with E-state index in [2.05, 4.69) is 39.9 Å². The van der Waals surface area contributed by atoms with Gasteiger partial charge in [-0.2, -0.15) is 0 Å². The van der Waals surface area contributed by atoms with Crippen LogP contribution in [0.1, 0.15) is 32.6 Å². The van der Waals surface area contributed by atoms with Crippen LogP contribution in [0.2, 0.25) is 5.02 Å². The van der Waals surface area contributed by atoms with Crippen LogP contribution >= 0.6 is 11.6 Å². The Hall–Kier alpha value is -2.92. The van der Waals surface area contributed by atoms with Crippen LogP contribution in [-0.2, 0) is 4.79 Å². The average Bonchev–Trinajstić information content (AvgIpc) is 2.76. The number of rotatable bonds is 5. The molecule has 1 aliphatic carbocycles. The van der Waals surface area contributed by atoms with Crippen molar-refractivity contribution in [2.45, 2.75) is 44.7 Å². The molecule has 5 nitrogen and oxygen atoms in total. The molecule has 1 saturated carbocycles. The van der Waals surface area contributed by atoms with Gasteiger partial charge in [0.1, 0.15) is 0 Å². The van der Waals surface area contributed by atoms with E-state index in [0.29, 0.717) is 16.7 Å². The van der Waals surface area contributed by atoms with Crippen molar-refractivity contribution in [3.8, 4) is 22.4 Å². The third-order valence-electron chi connectivity index (χ3n) is 5.40. The summed E-state index contributed by atoms with van der Waals surface area (Å²) in [5, 5.41) is 6.98. The molecule has 154 valence electrons. The second kappa shape index (κ2) is 9.26. The van der Waals surface area contributed by atoms with Crippen LogP contribution in [0, 0.1) is 0 Å². The average molecular weight is 421 g/mol. The predicted molar refractivity (Wildman–Crippen MR) is 121 cm³/mol. The summed E-state index contributed by atoms with van der Waals surface area (Å²) in [7, 11) is 0. The number of nitrogens with one attached hydrogen (secondary N) is 2. The van der Waals surface area contributed by atoms with Gasteiger partial charge in [0.15, 0.2) is 0 Å². The molecule has 1 aliphatic rings. The highest BCUT2D eigenvalue weighted by Crippen LogP contribution is 2.30. The van der Waals surface area contributed by atoms with Crippen LogP contribution in [0.15, 0.2) is 60.8 Å². The van der Waals surface area contributed by atoms with Crippen molar-refractivity contribution in [3.63, 3.8) is 0 Å². The molecule has 1 heterocycles. The van der Waals surface area contributed by atoms with Crippen molar-refractivity contribution < 1.29 is 4.79 Å². The quantitative estimate of drug-likeness (QED) is 0.586. The molecular formula is C24H25ClN4O. The van der Waals surface area contributed by atoms with Crippen LogP contribution in [-0.4, -0.2) is 28.0 Å². The first kappa shape index (κ1) is 20.4. The standard InChI is InChI=1S/C24H25ClN4O/c1-16(30)27-20-11-6-12-21(14-20)28-24-26-15-22(25)23(29-24)19-10-5-9-18(13-19)17-7-3-2-4-8-17/h2-5,7-10,13,15,20-21H,6,11-12,14H2,1H3,(H,27,30)(H,26,28,29). The fourth-order valence-corrected chi connectivity index (χ4v) is 4.24. The molecule has 1 aromatic heterocycles. The molecule has 1 amide bonds. The molecule has 6 heteroatoms. The molecule has 0 radical (unpaired) electrons. The lowest BCUT2D eigenvalue weighted by Crippen LogP contribution is -2.41. The lowest BCUT2D eigenvalue weighted by Gasteiger charge is -2.30. The molecular weight excluding hydrogens is 396 g/mol. The minimum atomic E-state index is 0.0176. The van der Waals surface area contributed by atoms with Crippen molar-refractivity contribution in [2.24, 2.45) is 0 Å². The predicted octanol–water partition coefficient (Wildman–Crippen LogP) is 5.32. The fourth-order valence-electron chi connectivity index (χ4n) is 4.04. The number of anilines is 1. The highest BCUT2D eigenvalue weighted by atomic mass is 35.5. The van der Waals surface area contributed by atoms with E-state index in [0.717, 1.165) is 42.4 Å². The zero-order valence-corrected chi connectivity index (χ0v) is 17.7. The normalized spacial score (nSPS) is 18.6. The summed E-state index contributed by atoms with van der Waals surface area (Å²) in [6.07, 6.45) is 5.61. The summed E-state index contributed by atoms with van der Waals surface area (Å²) in [6.45, 7) is 1.56. The van der Waals surface area contributed by atoms with E-state index in [1.807, 2.05) is 30.3 Å². The molecule has 2 aromatic carbocycles. The van der Waals surface area contributed by atoms with Crippen LogP contribution in [0.25, 0.3) is 22.4 Å². The number of hydrogen-bond acceptors (Lipinski definition) is 4. The molecule has 4 rings (SSSR count). The summed E-state index contributed by atoms with van der Waals surface area (Å²) < 4.78 is 0. The Morgan fingerprint density at radius 1 is 1.00 bits per heavy atom. The van der Waals surface area contributed by atoms with Gasteiger partial charge in [0.2, 0.25) is 11.9 Å². The number of carbonyl (C=O) groups excluding carboxylic acids is 1. The van der Waals surface area contributed by atoms with Gasteiger partial charge in [0, 0.05) is 24.6 Å². The van der Waals surface area contributed by atoms with Crippen molar-refractivity contribution in [3.05, 3.63) is 65.8 Å². The zero-order chi connectivity index (χ0) is 20.9. The molecule has 3 aromatic rings. The van der Waals surface area contributed by atoms with Gasteiger partial charge in [0.25, 0.3) is 0 Å². The summed E-state index contributed by atoms with van der Waals surface area (Å²) in [6, 6.07) is 18.9. The minimum Gasteiger partial charge on any atom is -0.354 e. The van der Waals surface area contributed by atoms with E-state index in [1.54, 1.807) is 13.1 Å². The van der Waals surface area contributed by atoms with Crippen molar-refractivity contribution in [2.75, 3.05) is 5.32 Å². The van der Waals surface area contributed by atoms with E-state index in [4.69, 9.17) is 16.6 Å². The van der Waals surface area contributed by atoms with Crippen LogP contribution in [0.3, 0.4) is 0 Å². The van der Waals surface area contributed by atoms with Crippen molar-refractivity contribution in [1.29, 1.82) is 0 Å². The Balaban J connectivity index is 1.55. The van der Waals surface area contributed by atoms with Crippen LogP contribution < -0.4 is 10.6 Å². The molecule has 0 saturated heterocycles. The van der Waals surface area contributed by atoms with Gasteiger partial charge in [-0.1, -0.05) is 60.1 Å². The Labute approximate surface area is 181 Å². The first-order valence-electron chi connectivity index (χ1n) is 10.3. The molecule has 0 aliphatic heterocycles. The Morgan fingerprint density at radius 3 is 2.53 bits per heavy atom. The fraction of sp³-hybridized carbons (Fsp3) is 0.292. The SMILES string of the molecule is CC(=O)NC1CCCC(Nc2ncc(Cl)c(-c3cccc(-c4ccccc4)c3)n2)C1. The van der Waals surface area contributed by atoms with E-state index in [1.165, 1.54) is 0 Å². The molecule has 2 unspecified atom stereocenters. The van der Waals surface area contributed by atoms with E-state index in [-0.39, 0.29) is 18.0 Å². The molecule has 2 atom stereocenters. The number of nitrogens with zero attached hydrogens (tertiary/aromatic N) is 2. The van der Waals surface area contributed by atoms with E-state index in [9.17, 15) is 4.79 Å². The zero-order valence-electron chi connectivity index (χ0n) is 16.9. The van der Waals surface area contributed by atoms with Gasteiger partial charge >= 0.3 is 0 Å².